The summed E-state index contributed by atoms with van der Waals surface area (Å²) in [6, 6.07) is 8.36. The summed E-state index contributed by atoms with van der Waals surface area (Å²) in [5.74, 6) is -0.548. The molecule has 2 rings (SSSR count). The minimum absolute atomic E-state index is 0.0495. The predicted octanol–water partition coefficient (Wildman–Crippen LogP) is 2.97. The van der Waals surface area contributed by atoms with Crippen molar-refractivity contribution in [3.63, 3.8) is 0 Å². The quantitative estimate of drug-likeness (QED) is 0.736. The van der Waals surface area contributed by atoms with Gasteiger partial charge in [-0.15, -0.1) is 0 Å². The van der Waals surface area contributed by atoms with Crippen LogP contribution in [-0.4, -0.2) is 40.2 Å². The number of amides is 1. The zero-order chi connectivity index (χ0) is 20.0. The molecule has 0 aliphatic carbocycles. The van der Waals surface area contributed by atoms with Crippen LogP contribution < -0.4 is 5.32 Å². The molecule has 1 amide bonds. The first-order valence-electron chi connectivity index (χ1n) is 8.83. The lowest BCUT2D eigenvalue weighted by Gasteiger charge is -2.21. The van der Waals surface area contributed by atoms with Gasteiger partial charge in [-0.25, -0.2) is 9.78 Å². The van der Waals surface area contributed by atoms with Gasteiger partial charge in [0.1, 0.15) is 11.8 Å². The number of aliphatic carboxylic acids is 1. The van der Waals surface area contributed by atoms with E-state index in [9.17, 15) is 14.7 Å². The van der Waals surface area contributed by atoms with E-state index in [1.54, 1.807) is 6.92 Å². The lowest BCUT2D eigenvalue weighted by Crippen LogP contribution is -2.42. The van der Waals surface area contributed by atoms with Crippen molar-refractivity contribution in [1.82, 2.24) is 10.3 Å². The largest absolute Gasteiger partial charge is 0.480 e. The molecule has 0 radical (unpaired) electrons. The first-order valence-corrected chi connectivity index (χ1v) is 8.83. The summed E-state index contributed by atoms with van der Waals surface area (Å²) in [4.78, 5) is 28.1. The summed E-state index contributed by atoms with van der Waals surface area (Å²) >= 11 is 0. The van der Waals surface area contributed by atoms with Gasteiger partial charge in [0.05, 0.1) is 17.7 Å². The average Bonchev–Trinajstić information content (AvgIpc) is 2.94. The number of carboxylic acids is 1. The van der Waals surface area contributed by atoms with E-state index >= 15 is 0 Å². The molecule has 2 N–H and O–H groups in total. The maximum absolute atomic E-state index is 12.3. The smallest absolute Gasteiger partial charge is 0.326 e. The van der Waals surface area contributed by atoms with E-state index in [1.165, 1.54) is 0 Å². The number of aryl methyl sites for hydroxylation is 1. The molecule has 0 bridgehead atoms. The van der Waals surface area contributed by atoms with Crippen LogP contribution in [0.15, 0.2) is 34.7 Å². The lowest BCUT2D eigenvalue weighted by molar-refractivity contribution is -0.142. The Balaban J connectivity index is 1.97. The summed E-state index contributed by atoms with van der Waals surface area (Å²) in [5, 5.41) is 11.8. The number of carboxylic acid groups (broad SMARTS) is 1. The summed E-state index contributed by atoms with van der Waals surface area (Å²) in [6.45, 7) is 7.63. The van der Waals surface area contributed by atoms with Gasteiger partial charge in [0, 0.05) is 18.6 Å². The second-order valence-corrected chi connectivity index (χ2v) is 7.27. The van der Waals surface area contributed by atoms with Crippen LogP contribution in [-0.2, 0) is 20.7 Å². The third-order valence-corrected chi connectivity index (χ3v) is 3.82. The number of benzene rings is 1. The number of nitrogens with zero attached hydrogens (tertiary/aromatic N) is 1. The number of carbonyl (C=O) groups excluding carboxylic acids is 1. The molecule has 1 aromatic carbocycles. The van der Waals surface area contributed by atoms with Crippen molar-refractivity contribution >= 4 is 11.9 Å². The number of oxazole rings is 1. The summed E-state index contributed by atoms with van der Waals surface area (Å²) in [7, 11) is 0. The van der Waals surface area contributed by atoms with E-state index in [0.29, 0.717) is 17.3 Å². The van der Waals surface area contributed by atoms with Crippen molar-refractivity contribution in [3.8, 4) is 11.5 Å². The van der Waals surface area contributed by atoms with Crippen molar-refractivity contribution in [2.24, 2.45) is 0 Å². The van der Waals surface area contributed by atoms with Gasteiger partial charge in [-0.3, -0.25) is 4.79 Å². The minimum atomic E-state index is -1.09. The molecule has 0 saturated heterocycles. The van der Waals surface area contributed by atoms with Crippen LogP contribution in [0.2, 0.25) is 0 Å². The summed E-state index contributed by atoms with van der Waals surface area (Å²) < 4.78 is 11.2. The predicted molar refractivity (Wildman–Crippen MR) is 100 cm³/mol. The van der Waals surface area contributed by atoms with Gasteiger partial charge in [0.25, 0.3) is 0 Å². The Kier molecular flexibility index (Phi) is 6.74. The molecule has 0 fully saturated rings. The van der Waals surface area contributed by atoms with E-state index in [1.807, 2.05) is 51.1 Å². The number of nitrogens with one attached hydrogen (secondary N) is 1. The van der Waals surface area contributed by atoms with E-state index in [0.717, 1.165) is 5.56 Å². The number of carbonyl (C=O) groups is 2. The maximum atomic E-state index is 12.3. The molecular weight excluding hydrogens is 348 g/mol. The highest BCUT2D eigenvalue weighted by Gasteiger charge is 2.23. The Morgan fingerprint density at radius 3 is 2.52 bits per heavy atom. The van der Waals surface area contributed by atoms with Crippen molar-refractivity contribution in [1.29, 1.82) is 0 Å². The van der Waals surface area contributed by atoms with E-state index < -0.39 is 17.9 Å². The standard InChI is InChI=1S/C20H26N2O5/c1-13-16(22-18(27-13)14-8-6-5-7-9-14)12-17(23)21-15(19(24)25)10-11-26-20(2,3)4/h5-9,15H,10-12H2,1-4H3,(H,21,23)(H,24,25). The van der Waals surface area contributed by atoms with Crippen molar-refractivity contribution < 1.29 is 23.8 Å². The van der Waals surface area contributed by atoms with Crippen molar-refractivity contribution in [2.45, 2.75) is 52.2 Å². The second-order valence-electron chi connectivity index (χ2n) is 7.27. The minimum Gasteiger partial charge on any atom is -0.480 e. The zero-order valence-electron chi connectivity index (χ0n) is 16.1. The molecule has 146 valence electrons. The number of rotatable bonds is 8. The SMILES string of the molecule is Cc1oc(-c2ccccc2)nc1CC(=O)NC(CCOC(C)(C)C)C(=O)O. The molecule has 0 spiro atoms. The van der Waals surface area contributed by atoms with Gasteiger partial charge in [0.2, 0.25) is 11.8 Å². The molecule has 27 heavy (non-hydrogen) atoms. The molecule has 7 nitrogen and oxygen atoms in total. The van der Waals surface area contributed by atoms with Gasteiger partial charge >= 0.3 is 5.97 Å². The fraction of sp³-hybridized carbons (Fsp3) is 0.450. The van der Waals surface area contributed by atoms with Crippen LogP contribution in [0, 0.1) is 6.92 Å². The van der Waals surface area contributed by atoms with Crippen LogP contribution in [0.5, 0.6) is 0 Å². The van der Waals surface area contributed by atoms with Gasteiger partial charge in [-0.2, -0.15) is 0 Å². The van der Waals surface area contributed by atoms with Gasteiger partial charge in [-0.1, -0.05) is 18.2 Å². The van der Waals surface area contributed by atoms with E-state index in [2.05, 4.69) is 10.3 Å². The molecule has 0 aliphatic heterocycles. The van der Waals surface area contributed by atoms with Crippen LogP contribution in [0.25, 0.3) is 11.5 Å². The third-order valence-electron chi connectivity index (χ3n) is 3.82. The van der Waals surface area contributed by atoms with Crippen LogP contribution in [0.1, 0.15) is 38.6 Å². The summed E-state index contributed by atoms with van der Waals surface area (Å²) in [6.07, 6.45) is 0.136. The Morgan fingerprint density at radius 2 is 1.93 bits per heavy atom. The Hall–Kier alpha value is -2.67. The van der Waals surface area contributed by atoms with Crippen LogP contribution in [0.3, 0.4) is 0 Å². The number of aromatic nitrogens is 1. The molecule has 0 aliphatic rings. The fourth-order valence-electron chi connectivity index (χ4n) is 2.43. The first kappa shape index (κ1) is 20.6. The number of hydrogen-bond acceptors (Lipinski definition) is 5. The normalized spacial score (nSPS) is 12.6. The van der Waals surface area contributed by atoms with Crippen molar-refractivity contribution in [2.75, 3.05) is 6.61 Å². The highest BCUT2D eigenvalue weighted by atomic mass is 16.5. The highest BCUT2D eigenvalue weighted by molar-refractivity contribution is 5.84. The monoisotopic (exact) mass is 374 g/mol. The summed E-state index contributed by atoms with van der Waals surface area (Å²) in [5.41, 5.74) is 0.940. The van der Waals surface area contributed by atoms with Crippen molar-refractivity contribution in [3.05, 3.63) is 41.8 Å². The lowest BCUT2D eigenvalue weighted by atomic mass is 10.1. The highest BCUT2D eigenvalue weighted by Crippen LogP contribution is 2.21. The third kappa shape index (κ3) is 6.53. The van der Waals surface area contributed by atoms with Gasteiger partial charge in [0.15, 0.2) is 0 Å². The second kappa shape index (κ2) is 8.81. The molecule has 7 heteroatoms. The van der Waals surface area contributed by atoms with E-state index in [-0.39, 0.29) is 25.0 Å². The Labute approximate surface area is 158 Å². The average molecular weight is 374 g/mol. The number of ether oxygens (including phenoxy) is 1. The molecule has 0 saturated carbocycles. The topological polar surface area (TPSA) is 102 Å². The number of hydrogen-bond donors (Lipinski definition) is 2. The van der Waals surface area contributed by atoms with Gasteiger partial charge in [-0.05, 0) is 39.8 Å². The first-order chi connectivity index (χ1) is 12.7. The van der Waals surface area contributed by atoms with Crippen LogP contribution in [0.4, 0.5) is 0 Å². The fourth-order valence-corrected chi connectivity index (χ4v) is 2.43. The Morgan fingerprint density at radius 1 is 1.26 bits per heavy atom. The molecule has 2 aromatic rings. The molecule has 1 unspecified atom stereocenters. The maximum Gasteiger partial charge on any atom is 0.326 e. The zero-order valence-corrected chi connectivity index (χ0v) is 16.1. The molecule has 1 heterocycles. The molecular formula is C20H26N2O5. The molecule has 1 aromatic heterocycles. The van der Waals surface area contributed by atoms with Gasteiger partial charge < -0.3 is 19.6 Å². The Bertz CT molecular complexity index is 777. The van der Waals surface area contributed by atoms with E-state index in [4.69, 9.17) is 9.15 Å². The van der Waals surface area contributed by atoms with Crippen LogP contribution >= 0.6 is 0 Å². The molecule has 1 atom stereocenters.